The van der Waals surface area contributed by atoms with E-state index in [4.69, 9.17) is 5.14 Å². The fraction of sp³-hybridized carbons (Fsp3) is 0.364. The molecule has 5 nitrogen and oxygen atoms in total. The van der Waals surface area contributed by atoms with Gasteiger partial charge in [-0.3, -0.25) is 4.79 Å². The first-order chi connectivity index (χ1) is 9.51. The van der Waals surface area contributed by atoms with E-state index in [1.165, 1.54) is 0 Å². The van der Waals surface area contributed by atoms with Crippen molar-refractivity contribution in [3.8, 4) is 0 Å². The molecule has 1 unspecified atom stereocenters. The van der Waals surface area contributed by atoms with Crippen LogP contribution in [0, 0.1) is 5.82 Å². The van der Waals surface area contributed by atoms with Gasteiger partial charge in [0.2, 0.25) is 15.9 Å². The average molecular weight is 326 g/mol. The highest BCUT2D eigenvalue weighted by molar-refractivity contribution is 7.89. The number of amides is 1. The standard InChI is InChI=1S/C11H10F4N2O3S/c12-10-7(11(13,14)15)2-1-3-8(10)17-5-6(4-9(17)18)21(16,19)20/h1-3,6H,4-5H2,(H2,16,19,20). The summed E-state index contributed by atoms with van der Waals surface area (Å²) >= 11 is 0. The molecular weight excluding hydrogens is 316 g/mol. The Bertz CT molecular complexity index is 687. The number of primary sulfonamides is 1. The van der Waals surface area contributed by atoms with Gasteiger partial charge < -0.3 is 4.90 Å². The normalized spacial score (nSPS) is 20.1. The summed E-state index contributed by atoms with van der Waals surface area (Å²) in [6.45, 7) is -0.476. The molecule has 1 aliphatic heterocycles. The van der Waals surface area contributed by atoms with Gasteiger partial charge in [0.05, 0.1) is 11.3 Å². The first kappa shape index (κ1) is 15.7. The van der Waals surface area contributed by atoms with Crippen LogP contribution in [0.4, 0.5) is 23.2 Å². The van der Waals surface area contributed by atoms with E-state index in [9.17, 15) is 30.8 Å². The van der Waals surface area contributed by atoms with E-state index in [1.807, 2.05) is 0 Å². The maximum atomic E-state index is 13.9. The molecular formula is C11H10F4N2O3S. The number of sulfonamides is 1. The molecule has 10 heteroatoms. The van der Waals surface area contributed by atoms with Gasteiger partial charge in [0.15, 0.2) is 5.82 Å². The summed E-state index contributed by atoms with van der Waals surface area (Å²) < 4.78 is 74.2. The van der Waals surface area contributed by atoms with Gasteiger partial charge in [-0.1, -0.05) is 6.07 Å². The molecule has 0 aliphatic carbocycles. The molecule has 1 amide bonds. The zero-order valence-corrected chi connectivity index (χ0v) is 11.2. The van der Waals surface area contributed by atoms with Crippen molar-refractivity contribution in [3.05, 3.63) is 29.6 Å². The number of rotatable bonds is 2. The van der Waals surface area contributed by atoms with E-state index < -0.39 is 57.4 Å². The summed E-state index contributed by atoms with van der Waals surface area (Å²) in [6.07, 6.45) is -5.41. The van der Waals surface area contributed by atoms with Gasteiger partial charge in [-0.2, -0.15) is 13.2 Å². The number of halogens is 4. The molecule has 0 spiro atoms. The smallest absolute Gasteiger partial charge is 0.308 e. The van der Waals surface area contributed by atoms with Crippen molar-refractivity contribution in [2.24, 2.45) is 5.14 Å². The molecule has 0 radical (unpaired) electrons. The van der Waals surface area contributed by atoms with E-state index in [1.54, 1.807) is 0 Å². The van der Waals surface area contributed by atoms with Gasteiger partial charge >= 0.3 is 6.18 Å². The lowest BCUT2D eigenvalue weighted by Gasteiger charge is -2.19. The van der Waals surface area contributed by atoms with Crippen molar-refractivity contribution in [1.29, 1.82) is 0 Å². The van der Waals surface area contributed by atoms with E-state index in [0.717, 1.165) is 12.1 Å². The third-order valence-corrected chi connectivity index (χ3v) is 4.37. The molecule has 1 aromatic carbocycles. The summed E-state index contributed by atoms with van der Waals surface area (Å²) in [5, 5.41) is 3.64. The van der Waals surface area contributed by atoms with Crippen LogP contribution in [-0.2, 0) is 21.0 Å². The minimum absolute atomic E-state index is 0.476. The van der Waals surface area contributed by atoms with Crippen LogP contribution >= 0.6 is 0 Å². The number of carbonyl (C=O) groups excluding carboxylic acids is 1. The van der Waals surface area contributed by atoms with Crippen LogP contribution in [0.2, 0.25) is 0 Å². The van der Waals surface area contributed by atoms with E-state index in [-0.39, 0.29) is 0 Å². The van der Waals surface area contributed by atoms with E-state index in [0.29, 0.717) is 11.0 Å². The van der Waals surface area contributed by atoms with Crippen molar-refractivity contribution in [3.63, 3.8) is 0 Å². The molecule has 1 heterocycles. The quantitative estimate of drug-likeness (QED) is 0.830. The Morgan fingerprint density at radius 2 is 1.90 bits per heavy atom. The van der Waals surface area contributed by atoms with Crippen LogP contribution in [-0.4, -0.2) is 26.1 Å². The van der Waals surface area contributed by atoms with Gasteiger partial charge in [-0.25, -0.2) is 17.9 Å². The zero-order valence-electron chi connectivity index (χ0n) is 10.4. The predicted octanol–water partition coefficient (Wildman–Crippen LogP) is 1.24. The summed E-state index contributed by atoms with van der Waals surface area (Å²) in [6, 6.07) is 2.46. The molecule has 2 N–H and O–H groups in total. The second-order valence-corrected chi connectivity index (χ2v) is 6.40. The largest absolute Gasteiger partial charge is 0.419 e. The molecule has 0 bridgehead atoms. The molecule has 2 rings (SSSR count). The number of benzene rings is 1. The summed E-state index contributed by atoms with van der Waals surface area (Å²) in [7, 11) is -4.03. The number of nitrogens with zero attached hydrogens (tertiary/aromatic N) is 1. The van der Waals surface area contributed by atoms with E-state index in [2.05, 4.69) is 0 Å². The van der Waals surface area contributed by atoms with Crippen molar-refractivity contribution < 1.29 is 30.8 Å². The number of nitrogens with two attached hydrogens (primary N) is 1. The van der Waals surface area contributed by atoms with Crippen LogP contribution < -0.4 is 10.0 Å². The first-order valence-electron chi connectivity index (χ1n) is 5.69. The lowest BCUT2D eigenvalue weighted by Crippen LogP contribution is -2.32. The topological polar surface area (TPSA) is 80.5 Å². The maximum Gasteiger partial charge on any atom is 0.419 e. The lowest BCUT2D eigenvalue weighted by atomic mass is 10.1. The number of alkyl halides is 3. The molecule has 1 aromatic rings. The first-order valence-corrected chi connectivity index (χ1v) is 7.30. The van der Waals surface area contributed by atoms with Crippen LogP contribution in [0.1, 0.15) is 12.0 Å². The monoisotopic (exact) mass is 326 g/mol. The Labute approximate surface area is 117 Å². The Balaban J connectivity index is 2.42. The van der Waals surface area contributed by atoms with Crippen molar-refractivity contribution >= 4 is 21.6 Å². The second-order valence-electron chi connectivity index (χ2n) is 4.56. The highest BCUT2D eigenvalue weighted by Crippen LogP contribution is 2.36. The van der Waals surface area contributed by atoms with Crippen molar-refractivity contribution in [1.82, 2.24) is 0 Å². The highest BCUT2D eigenvalue weighted by atomic mass is 32.2. The SMILES string of the molecule is NS(=O)(=O)C1CC(=O)N(c2cccc(C(F)(F)F)c2F)C1. The lowest BCUT2D eigenvalue weighted by molar-refractivity contribution is -0.140. The molecule has 1 saturated heterocycles. The average Bonchev–Trinajstić information content (AvgIpc) is 2.70. The second kappa shape index (κ2) is 4.95. The highest BCUT2D eigenvalue weighted by Gasteiger charge is 2.41. The molecule has 1 aliphatic rings. The van der Waals surface area contributed by atoms with Gasteiger partial charge in [-0.05, 0) is 12.1 Å². The summed E-state index contributed by atoms with van der Waals surface area (Å²) in [5.41, 5.74) is -2.13. The zero-order chi connectivity index (χ0) is 16.0. The summed E-state index contributed by atoms with van der Waals surface area (Å²) in [4.78, 5) is 12.4. The number of anilines is 1. The fourth-order valence-corrected chi connectivity index (χ4v) is 2.81. The molecule has 0 saturated carbocycles. The summed E-state index contributed by atoms with van der Waals surface area (Å²) in [5.74, 6) is -2.42. The Morgan fingerprint density at radius 1 is 1.29 bits per heavy atom. The Kier molecular flexibility index (Phi) is 3.70. The van der Waals surface area contributed by atoms with Crippen LogP contribution in [0.25, 0.3) is 0 Å². The Hall–Kier alpha value is -1.68. The third kappa shape index (κ3) is 3.00. The van der Waals surface area contributed by atoms with Crippen LogP contribution in [0.3, 0.4) is 0 Å². The molecule has 21 heavy (non-hydrogen) atoms. The Morgan fingerprint density at radius 3 is 2.38 bits per heavy atom. The van der Waals surface area contributed by atoms with E-state index >= 15 is 0 Å². The fourth-order valence-electron chi connectivity index (χ4n) is 2.07. The molecule has 1 atom stereocenters. The minimum atomic E-state index is -4.91. The number of hydrogen-bond acceptors (Lipinski definition) is 3. The minimum Gasteiger partial charge on any atom is -0.308 e. The third-order valence-electron chi connectivity index (χ3n) is 3.13. The van der Waals surface area contributed by atoms with Gasteiger partial charge in [0.1, 0.15) is 5.25 Å². The molecule has 1 fully saturated rings. The number of hydrogen-bond donors (Lipinski definition) is 1. The van der Waals surface area contributed by atoms with Gasteiger partial charge in [-0.15, -0.1) is 0 Å². The predicted molar refractivity (Wildman–Crippen MR) is 65.3 cm³/mol. The van der Waals surface area contributed by atoms with Crippen LogP contribution in [0.15, 0.2) is 18.2 Å². The number of carbonyl (C=O) groups is 1. The van der Waals surface area contributed by atoms with Gasteiger partial charge in [0.25, 0.3) is 0 Å². The van der Waals surface area contributed by atoms with Gasteiger partial charge in [0, 0.05) is 13.0 Å². The van der Waals surface area contributed by atoms with Crippen molar-refractivity contribution in [2.45, 2.75) is 17.8 Å². The molecule has 0 aromatic heterocycles. The molecule has 116 valence electrons. The van der Waals surface area contributed by atoms with Crippen LogP contribution in [0.5, 0.6) is 0 Å². The maximum absolute atomic E-state index is 13.9. The van der Waals surface area contributed by atoms with Crippen molar-refractivity contribution in [2.75, 3.05) is 11.4 Å².